The molecular weight excluding hydrogens is 432 g/mol. The normalized spacial score (nSPS) is 10.7. The smallest absolute Gasteiger partial charge is 0.273 e. The first-order valence-corrected chi connectivity index (χ1v) is 9.79. The van der Waals surface area contributed by atoms with Gasteiger partial charge in [-0.3, -0.25) is 20.2 Å². The second kappa shape index (κ2) is 8.44. The van der Waals surface area contributed by atoms with Crippen molar-refractivity contribution in [2.24, 2.45) is 0 Å². The fraction of sp³-hybridized carbons (Fsp3) is 0.0455. The molecule has 0 saturated heterocycles. The van der Waals surface area contributed by atoms with Crippen LogP contribution in [0.25, 0.3) is 22.6 Å². The Hall–Kier alpha value is -4.31. The van der Waals surface area contributed by atoms with Gasteiger partial charge in [0.05, 0.1) is 10.5 Å². The molecule has 0 aliphatic rings. The van der Waals surface area contributed by atoms with Crippen LogP contribution >= 0.6 is 12.2 Å². The van der Waals surface area contributed by atoms with Crippen LogP contribution in [0.15, 0.2) is 65.1 Å². The number of hydrogen-bond acceptors (Lipinski definition) is 7. The first-order chi connectivity index (χ1) is 15.3. The monoisotopic (exact) mass is 448 g/mol. The Labute approximate surface area is 186 Å². The van der Waals surface area contributed by atoms with Crippen molar-refractivity contribution in [3.05, 3.63) is 81.9 Å². The van der Waals surface area contributed by atoms with Crippen molar-refractivity contribution in [2.75, 3.05) is 5.32 Å². The summed E-state index contributed by atoms with van der Waals surface area (Å²) in [5, 5.41) is 26.7. The average Bonchev–Trinajstić information content (AvgIpc) is 3.19. The quantitative estimate of drug-likeness (QED) is 0.179. The number of nitrogens with one attached hydrogen (secondary N) is 2. The largest absolute Gasteiger partial charge is 0.507 e. The van der Waals surface area contributed by atoms with Gasteiger partial charge in [-0.25, -0.2) is 4.98 Å². The molecule has 3 aromatic carbocycles. The number of phenols is 1. The van der Waals surface area contributed by atoms with Crippen LogP contribution in [0.2, 0.25) is 0 Å². The minimum absolute atomic E-state index is 0.0184. The number of anilines is 1. The number of para-hydroxylation sites is 2. The van der Waals surface area contributed by atoms with Gasteiger partial charge in [-0.15, -0.1) is 0 Å². The minimum atomic E-state index is -0.582. The molecule has 0 saturated carbocycles. The lowest BCUT2D eigenvalue weighted by Gasteiger charge is -2.12. The highest BCUT2D eigenvalue weighted by Crippen LogP contribution is 2.33. The molecule has 1 aromatic heterocycles. The number of amides is 1. The van der Waals surface area contributed by atoms with E-state index in [1.807, 2.05) is 12.1 Å². The van der Waals surface area contributed by atoms with Gasteiger partial charge in [-0.1, -0.05) is 18.2 Å². The summed E-state index contributed by atoms with van der Waals surface area (Å²) in [6.07, 6.45) is 0. The van der Waals surface area contributed by atoms with Crippen molar-refractivity contribution in [1.82, 2.24) is 10.3 Å². The zero-order chi connectivity index (χ0) is 22.8. The lowest BCUT2D eigenvalue weighted by molar-refractivity contribution is -0.385. The topological polar surface area (TPSA) is 131 Å². The number of fused-ring (bicyclic) bond motifs is 1. The van der Waals surface area contributed by atoms with Crippen molar-refractivity contribution in [3.8, 4) is 17.2 Å². The summed E-state index contributed by atoms with van der Waals surface area (Å²) in [6.45, 7) is 1.50. The molecule has 0 atom stereocenters. The first-order valence-electron chi connectivity index (χ1n) is 9.39. The lowest BCUT2D eigenvalue weighted by atomic mass is 10.1. The van der Waals surface area contributed by atoms with Crippen LogP contribution in [-0.2, 0) is 0 Å². The molecule has 4 aromatic rings. The molecule has 0 bridgehead atoms. The van der Waals surface area contributed by atoms with Gasteiger partial charge in [0, 0.05) is 22.9 Å². The van der Waals surface area contributed by atoms with Gasteiger partial charge in [0.15, 0.2) is 10.7 Å². The van der Waals surface area contributed by atoms with E-state index in [2.05, 4.69) is 15.6 Å². The maximum atomic E-state index is 12.6. The summed E-state index contributed by atoms with van der Waals surface area (Å²) in [5.74, 6) is -0.388. The predicted molar refractivity (Wildman–Crippen MR) is 123 cm³/mol. The van der Waals surface area contributed by atoms with Crippen molar-refractivity contribution in [3.63, 3.8) is 0 Å². The van der Waals surface area contributed by atoms with E-state index >= 15 is 0 Å². The molecule has 32 heavy (non-hydrogen) atoms. The van der Waals surface area contributed by atoms with Gasteiger partial charge >= 0.3 is 0 Å². The number of oxazole rings is 1. The van der Waals surface area contributed by atoms with Crippen molar-refractivity contribution in [2.45, 2.75) is 6.92 Å². The van der Waals surface area contributed by atoms with Gasteiger partial charge in [-0.2, -0.15) is 0 Å². The van der Waals surface area contributed by atoms with Crippen LogP contribution < -0.4 is 10.6 Å². The predicted octanol–water partition coefficient (Wildman–Crippen LogP) is 4.54. The molecule has 0 radical (unpaired) electrons. The number of aromatic hydroxyl groups is 1. The molecule has 10 heteroatoms. The average molecular weight is 448 g/mol. The van der Waals surface area contributed by atoms with Crippen LogP contribution in [0, 0.1) is 17.0 Å². The highest BCUT2D eigenvalue weighted by Gasteiger charge is 2.19. The number of benzene rings is 3. The van der Waals surface area contributed by atoms with Crippen molar-refractivity contribution >= 4 is 45.7 Å². The molecule has 160 valence electrons. The SMILES string of the molecule is Cc1c(C(=O)NC(=S)Nc2ccc(O)c(-c3nc4ccccc4o3)c2)cccc1[N+](=O)[O-]. The summed E-state index contributed by atoms with van der Waals surface area (Å²) in [7, 11) is 0. The number of carbonyl (C=O) groups is 1. The fourth-order valence-electron chi connectivity index (χ4n) is 3.17. The molecular formula is C22H16N4O5S. The van der Waals surface area contributed by atoms with Crippen molar-refractivity contribution in [1.29, 1.82) is 0 Å². The molecule has 0 aliphatic heterocycles. The molecule has 0 aliphatic carbocycles. The Kier molecular flexibility index (Phi) is 5.52. The fourth-order valence-corrected chi connectivity index (χ4v) is 3.38. The van der Waals surface area contributed by atoms with Crippen LogP contribution in [0.5, 0.6) is 5.75 Å². The standard InChI is InChI=1S/C22H16N4O5S/c1-12-14(5-4-7-17(12)26(29)30)20(28)25-22(32)23-13-9-10-18(27)15(11-13)21-24-16-6-2-3-8-19(16)31-21/h2-11,27H,1H3,(H2,23,25,28,32). The van der Waals surface area contributed by atoms with E-state index in [1.54, 1.807) is 24.3 Å². The van der Waals surface area contributed by atoms with Gasteiger partial charge in [0.2, 0.25) is 5.89 Å². The Bertz CT molecular complexity index is 1350. The Balaban J connectivity index is 1.53. The molecule has 1 heterocycles. The van der Waals surface area contributed by atoms with Crippen LogP contribution in [0.4, 0.5) is 11.4 Å². The summed E-state index contributed by atoms with van der Waals surface area (Å²) in [5.41, 5.74) is 2.27. The van der Waals surface area contributed by atoms with Crippen LogP contribution in [0.3, 0.4) is 0 Å². The number of phenolic OH excluding ortho intramolecular Hbond substituents is 1. The number of carbonyl (C=O) groups excluding carboxylic acids is 1. The van der Waals surface area contributed by atoms with E-state index in [0.29, 0.717) is 22.4 Å². The Morgan fingerprint density at radius 3 is 2.69 bits per heavy atom. The summed E-state index contributed by atoms with van der Waals surface area (Å²) < 4.78 is 5.70. The number of nitro groups is 1. The molecule has 0 unspecified atom stereocenters. The molecule has 3 N–H and O–H groups in total. The van der Waals surface area contributed by atoms with E-state index in [9.17, 15) is 20.0 Å². The zero-order valence-electron chi connectivity index (χ0n) is 16.7. The molecule has 0 fully saturated rings. The molecule has 0 spiro atoms. The van der Waals surface area contributed by atoms with E-state index in [-0.39, 0.29) is 33.6 Å². The first kappa shape index (κ1) is 20.9. The number of nitrogens with zero attached hydrogens (tertiary/aromatic N) is 2. The Morgan fingerprint density at radius 1 is 1.16 bits per heavy atom. The van der Waals surface area contributed by atoms with Gasteiger partial charge < -0.3 is 14.8 Å². The van der Waals surface area contributed by atoms with E-state index in [4.69, 9.17) is 16.6 Å². The number of thiocarbonyl (C=S) groups is 1. The summed E-state index contributed by atoms with van der Waals surface area (Å²) in [4.78, 5) is 27.5. The highest BCUT2D eigenvalue weighted by atomic mass is 32.1. The highest BCUT2D eigenvalue weighted by molar-refractivity contribution is 7.80. The molecule has 1 amide bonds. The third-order valence-corrected chi connectivity index (χ3v) is 4.96. The van der Waals surface area contributed by atoms with E-state index in [0.717, 1.165) is 0 Å². The number of rotatable bonds is 4. The lowest BCUT2D eigenvalue weighted by Crippen LogP contribution is -2.34. The minimum Gasteiger partial charge on any atom is -0.507 e. The zero-order valence-corrected chi connectivity index (χ0v) is 17.5. The summed E-state index contributed by atoms with van der Waals surface area (Å²) >= 11 is 5.21. The third-order valence-electron chi connectivity index (χ3n) is 4.75. The van der Waals surface area contributed by atoms with E-state index in [1.165, 1.54) is 31.2 Å². The van der Waals surface area contributed by atoms with Gasteiger partial charge in [-0.05, 0) is 55.5 Å². The Morgan fingerprint density at radius 2 is 1.94 bits per heavy atom. The van der Waals surface area contributed by atoms with Crippen LogP contribution in [0.1, 0.15) is 15.9 Å². The summed E-state index contributed by atoms with van der Waals surface area (Å²) in [6, 6.07) is 16.0. The van der Waals surface area contributed by atoms with Crippen molar-refractivity contribution < 1.29 is 19.2 Å². The number of aromatic nitrogens is 1. The maximum Gasteiger partial charge on any atom is 0.273 e. The number of hydrogen-bond donors (Lipinski definition) is 3. The third kappa shape index (κ3) is 4.12. The second-order valence-corrected chi connectivity index (χ2v) is 7.24. The molecule has 4 rings (SSSR count). The van der Waals surface area contributed by atoms with Gasteiger partial charge in [0.1, 0.15) is 11.3 Å². The van der Waals surface area contributed by atoms with E-state index < -0.39 is 10.8 Å². The maximum absolute atomic E-state index is 12.6. The molecule has 9 nitrogen and oxygen atoms in total. The second-order valence-electron chi connectivity index (χ2n) is 6.83. The van der Waals surface area contributed by atoms with Crippen LogP contribution in [-0.4, -0.2) is 26.0 Å². The van der Waals surface area contributed by atoms with Gasteiger partial charge in [0.25, 0.3) is 11.6 Å². The number of nitro benzene ring substituents is 1.